The number of carbonyl (C=O) groups is 1. The summed E-state index contributed by atoms with van der Waals surface area (Å²) in [5.41, 5.74) is 1.98. The number of rotatable bonds is 7. The minimum absolute atomic E-state index is 0.0146. The van der Waals surface area contributed by atoms with Crippen molar-refractivity contribution in [2.45, 2.75) is 59.0 Å². The largest absolute Gasteiger partial charge is 0.371 e. The van der Waals surface area contributed by atoms with E-state index in [-0.39, 0.29) is 17.7 Å². The van der Waals surface area contributed by atoms with Crippen molar-refractivity contribution in [3.8, 4) is 0 Å². The number of nitrogens with zero attached hydrogens (tertiary/aromatic N) is 2. The van der Waals surface area contributed by atoms with Crippen molar-refractivity contribution in [2.24, 2.45) is 0 Å². The van der Waals surface area contributed by atoms with Crippen molar-refractivity contribution >= 4 is 6.03 Å². The summed E-state index contributed by atoms with van der Waals surface area (Å²) in [7, 11) is 0. The Balaban J connectivity index is 1.77. The molecule has 1 heterocycles. The molecular weight excluding hydrogens is 316 g/mol. The Morgan fingerprint density at radius 2 is 2.08 bits per heavy atom. The van der Waals surface area contributed by atoms with Crippen LogP contribution in [-0.4, -0.2) is 27.2 Å². The molecule has 2 amide bonds. The van der Waals surface area contributed by atoms with E-state index < -0.39 is 0 Å². The van der Waals surface area contributed by atoms with Gasteiger partial charge < -0.3 is 19.9 Å². The smallest absolute Gasteiger partial charge is 0.315 e. The first kappa shape index (κ1) is 19.0. The summed E-state index contributed by atoms with van der Waals surface area (Å²) in [5, 5.41) is 5.82. The van der Waals surface area contributed by atoms with Gasteiger partial charge >= 0.3 is 6.03 Å². The molecule has 0 fully saturated rings. The standard InChI is InChI=1S/C19H28N4O2/c1-15(12-23-9-8-20-14-23)22-18(24)21-11-16-6-5-7-17(10-16)13-25-19(2,3)4/h5-10,14-15H,11-13H2,1-4H3,(H2,21,22,24). The third-order valence-corrected chi connectivity index (χ3v) is 3.54. The monoisotopic (exact) mass is 344 g/mol. The number of hydrogen-bond acceptors (Lipinski definition) is 3. The summed E-state index contributed by atoms with van der Waals surface area (Å²) < 4.78 is 7.73. The summed E-state index contributed by atoms with van der Waals surface area (Å²) in [5.74, 6) is 0. The molecule has 1 atom stereocenters. The van der Waals surface area contributed by atoms with Gasteiger partial charge in [-0.1, -0.05) is 24.3 Å². The van der Waals surface area contributed by atoms with Crippen LogP contribution in [0.25, 0.3) is 0 Å². The van der Waals surface area contributed by atoms with Crippen molar-refractivity contribution in [3.05, 3.63) is 54.1 Å². The third kappa shape index (κ3) is 7.39. The molecule has 0 saturated heterocycles. The molecule has 2 rings (SSSR count). The predicted octanol–water partition coefficient (Wildman–Crippen LogP) is 3.09. The van der Waals surface area contributed by atoms with Gasteiger partial charge in [0.25, 0.3) is 0 Å². The zero-order valence-electron chi connectivity index (χ0n) is 15.5. The molecule has 0 spiro atoms. The molecule has 6 nitrogen and oxygen atoms in total. The van der Waals surface area contributed by atoms with E-state index in [0.717, 1.165) is 11.1 Å². The van der Waals surface area contributed by atoms with Crippen LogP contribution in [0.4, 0.5) is 4.79 Å². The van der Waals surface area contributed by atoms with E-state index >= 15 is 0 Å². The normalized spacial score (nSPS) is 12.6. The second-order valence-corrected chi connectivity index (χ2v) is 7.21. The number of imidazole rings is 1. The maximum atomic E-state index is 12.0. The van der Waals surface area contributed by atoms with Crippen molar-refractivity contribution in [3.63, 3.8) is 0 Å². The average molecular weight is 344 g/mol. The number of nitrogens with one attached hydrogen (secondary N) is 2. The van der Waals surface area contributed by atoms with Gasteiger partial charge in [0, 0.05) is 31.5 Å². The van der Waals surface area contributed by atoms with Crippen molar-refractivity contribution in [1.29, 1.82) is 0 Å². The number of ether oxygens (including phenoxy) is 1. The average Bonchev–Trinajstić information content (AvgIpc) is 3.03. The molecule has 0 radical (unpaired) electrons. The van der Waals surface area contributed by atoms with Gasteiger partial charge in [0.1, 0.15) is 0 Å². The van der Waals surface area contributed by atoms with Crippen molar-refractivity contribution < 1.29 is 9.53 Å². The SMILES string of the molecule is CC(Cn1ccnc1)NC(=O)NCc1cccc(COC(C)(C)C)c1. The summed E-state index contributed by atoms with van der Waals surface area (Å²) >= 11 is 0. The Hall–Kier alpha value is -2.34. The minimum Gasteiger partial charge on any atom is -0.371 e. The van der Waals surface area contributed by atoms with Gasteiger partial charge in [-0.25, -0.2) is 9.78 Å². The molecule has 6 heteroatoms. The maximum Gasteiger partial charge on any atom is 0.315 e. The zero-order valence-corrected chi connectivity index (χ0v) is 15.5. The molecule has 1 aromatic heterocycles. The summed E-state index contributed by atoms with van der Waals surface area (Å²) in [6.45, 7) is 9.80. The molecule has 0 aliphatic heterocycles. The van der Waals surface area contributed by atoms with Crippen molar-refractivity contribution in [1.82, 2.24) is 20.2 Å². The quantitative estimate of drug-likeness (QED) is 0.811. The van der Waals surface area contributed by atoms with Gasteiger partial charge in [0.2, 0.25) is 0 Å². The van der Waals surface area contributed by atoms with Crippen LogP contribution in [0.15, 0.2) is 43.0 Å². The predicted molar refractivity (Wildman–Crippen MR) is 98.0 cm³/mol. The summed E-state index contributed by atoms with van der Waals surface area (Å²) in [6, 6.07) is 7.90. The molecule has 2 N–H and O–H groups in total. The van der Waals surface area contributed by atoms with Gasteiger partial charge in [-0.15, -0.1) is 0 Å². The highest BCUT2D eigenvalue weighted by Crippen LogP contribution is 2.13. The molecule has 0 aliphatic carbocycles. The molecule has 1 unspecified atom stereocenters. The van der Waals surface area contributed by atoms with Gasteiger partial charge in [0.05, 0.1) is 18.5 Å². The fourth-order valence-electron chi connectivity index (χ4n) is 2.34. The lowest BCUT2D eigenvalue weighted by molar-refractivity contribution is -0.0149. The molecule has 0 bridgehead atoms. The first-order valence-corrected chi connectivity index (χ1v) is 8.54. The number of hydrogen-bond donors (Lipinski definition) is 2. The van der Waals surface area contributed by atoms with Gasteiger partial charge in [0.15, 0.2) is 0 Å². The van der Waals surface area contributed by atoms with Crippen LogP contribution in [0.5, 0.6) is 0 Å². The summed E-state index contributed by atoms with van der Waals surface area (Å²) in [6.07, 6.45) is 5.34. The second-order valence-electron chi connectivity index (χ2n) is 7.21. The number of benzene rings is 1. The van der Waals surface area contributed by atoms with Crippen molar-refractivity contribution in [2.75, 3.05) is 0 Å². The second kappa shape index (κ2) is 8.67. The number of carbonyl (C=O) groups excluding carboxylic acids is 1. The third-order valence-electron chi connectivity index (χ3n) is 3.54. The molecule has 2 aromatic rings. The zero-order chi connectivity index (χ0) is 18.3. The Bertz CT molecular complexity index is 662. The van der Waals surface area contributed by atoms with Crippen LogP contribution in [0.3, 0.4) is 0 Å². The first-order chi connectivity index (χ1) is 11.8. The fourth-order valence-corrected chi connectivity index (χ4v) is 2.34. The van der Waals surface area contributed by atoms with Gasteiger partial charge in [-0.05, 0) is 38.8 Å². The lowest BCUT2D eigenvalue weighted by Gasteiger charge is -2.19. The van der Waals surface area contributed by atoms with E-state index in [4.69, 9.17) is 4.74 Å². The Labute approximate surface area is 149 Å². The van der Waals surface area contributed by atoms with E-state index in [1.807, 2.05) is 56.7 Å². The Morgan fingerprint density at radius 3 is 2.76 bits per heavy atom. The number of urea groups is 1. The van der Waals surface area contributed by atoms with E-state index in [9.17, 15) is 4.79 Å². The Kier molecular flexibility index (Phi) is 6.58. The van der Waals surface area contributed by atoms with Crippen LogP contribution >= 0.6 is 0 Å². The number of aromatic nitrogens is 2. The highest BCUT2D eigenvalue weighted by Gasteiger charge is 2.11. The molecule has 0 saturated carbocycles. The topological polar surface area (TPSA) is 68.2 Å². The lowest BCUT2D eigenvalue weighted by atomic mass is 10.1. The highest BCUT2D eigenvalue weighted by atomic mass is 16.5. The molecule has 136 valence electrons. The first-order valence-electron chi connectivity index (χ1n) is 8.54. The fraction of sp³-hybridized carbons (Fsp3) is 0.474. The van der Waals surface area contributed by atoms with Gasteiger partial charge in [-0.2, -0.15) is 0 Å². The van der Waals surface area contributed by atoms with E-state index in [1.54, 1.807) is 12.5 Å². The molecular formula is C19H28N4O2. The van der Waals surface area contributed by atoms with E-state index in [2.05, 4.69) is 21.7 Å². The highest BCUT2D eigenvalue weighted by molar-refractivity contribution is 5.74. The molecule has 25 heavy (non-hydrogen) atoms. The molecule has 0 aliphatic rings. The van der Waals surface area contributed by atoms with Crippen LogP contribution < -0.4 is 10.6 Å². The summed E-state index contributed by atoms with van der Waals surface area (Å²) in [4.78, 5) is 16.0. The maximum absolute atomic E-state index is 12.0. The van der Waals surface area contributed by atoms with Crippen LogP contribution in [0.1, 0.15) is 38.8 Å². The number of amides is 2. The van der Waals surface area contributed by atoms with Crippen LogP contribution in [-0.2, 0) is 24.4 Å². The van der Waals surface area contributed by atoms with Crippen LogP contribution in [0, 0.1) is 0 Å². The van der Waals surface area contributed by atoms with E-state index in [1.165, 1.54) is 0 Å². The van der Waals surface area contributed by atoms with Crippen LogP contribution in [0.2, 0.25) is 0 Å². The minimum atomic E-state index is -0.177. The Morgan fingerprint density at radius 1 is 1.32 bits per heavy atom. The van der Waals surface area contributed by atoms with E-state index in [0.29, 0.717) is 19.7 Å². The van der Waals surface area contributed by atoms with Gasteiger partial charge in [-0.3, -0.25) is 0 Å². The lowest BCUT2D eigenvalue weighted by Crippen LogP contribution is -2.42. The molecule has 1 aromatic carbocycles.